The topological polar surface area (TPSA) is 73.0 Å². The second kappa shape index (κ2) is 8.79. The molecule has 0 bridgehead atoms. The Bertz CT molecular complexity index is 965. The Morgan fingerprint density at radius 1 is 0.935 bits per heavy atom. The number of imide groups is 1. The molecule has 0 radical (unpaired) electrons. The molecule has 0 aromatic heterocycles. The van der Waals surface area contributed by atoms with Crippen molar-refractivity contribution >= 4 is 34.9 Å². The molecule has 7 heteroatoms. The Balaban J connectivity index is 1.39. The summed E-state index contributed by atoms with van der Waals surface area (Å²) in [6.45, 7) is 5.44. The molecule has 1 atom stereocenters. The molecule has 4 amide bonds. The lowest BCUT2D eigenvalue weighted by Crippen LogP contribution is -2.39. The summed E-state index contributed by atoms with van der Waals surface area (Å²) < 4.78 is 0. The van der Waals surface area contributed by atoms with Crippen LogP contribution in [0.25, 0.3) is 0 Å². The highest BCUT2D eigenvalue weighted by atomic mass is 16.2. The molecule has 2 saturated heterocycles. The minimum Gasteiger partial charge on any atom is -0.372 e. The van der Waals surface area contributed by atoms with Crippen molar-refractivity contribution in [2.45, 2.75) is 39.2 Å². The predicted octanol–water partition coefficient (Wildman–Crippen LogP) is 3.78. The van der Waals surface area contributed by atoms with E-state index in [1.165, 1.54) is 24.2 Å². The van der Waals surface area contributed by atoms with Crippen molar-refractivity contribution in [1.82, 2.24) is 4.90 Å². The van der Waals surface area contributed by atoms with Crippen molar-refractivity contribution in [3.8, 4) is 0 Å². The number of aryl methyl sites for hydroxylation is 1. The zero-order chi connectivity index (χ0) is 22.0. The summed E-state index contributed by atoms with van der Waals surface area (Å²) >= 11 is 0. The van der Waals surface area contributed by atoms with Gasteiger partial charge < -0.3 is 10.2 Å². The van der Waals surface area contributed by atoms with Gasteiger partial charge in [-0.25, -0.2) is 4.79 Å². The van der Waals surface area contributed by atoms with E-state index >= 15 is 0 Å². The van der Waals surface area contributed by atoms with Gasteiger partial charge in [0.25, 0.3) is 5.91 Å². The number of benzene rings is 2. The lowest BCUT2D eigenvalue weighted by Gasteiger charge is -2.28. The highest BCUT2D eigenvalue weighted by molar-refractivity contribution is 6.16. The second-order valence-corrected chi connectivity index (χ2v) is 8.23. The summed E-state index contributed by atoms with van der Waals surface area (Å²) in [4.78, 5) is 42.9. The minimum atomic E-state index is -0.646. The van der Waals surface area contributed by atoms with E-state index in [2.05, 4.69) is 10.2 Å². The molecule has 4 rings (SSSR count). The number of carbonyl (C=O) groups excluding carboxylic acids is 3. The molecule has 7 nitrogen and oxygen atoms in total. The summed E-state index contributed by atoms with van der Waals surface area (Å²) in [6, 6.07) is 14.0. The molecule has 2 heterocycles. The Hall–Kier alpha value is -3.35. The first kappa shape index (κ1) is 20.9. The zero-order valence-electron chi connectivity index (χ0n) is 18.0. The maximum Gasteiger partial charge on any atom is 0.332 e. The fourth-order valence-electron chi connectivity index (χ4n) is 4.16. The fourth-order valence-corrected chi connectivity index (χ4v) is 4.16. The van der Waals surface area contributed by atoms with Crippen LogP contribution in [-0.4, -0.2) is 48.4 Å². The molecular weight excluding hydrogens is 392 g/mol. The molecule has 0 aliphatic carbocycles. The van der Waals surface area contributed by atoms with E-state index < -0.39 is 18.0 Å². The van der Waals surface area contributed by atoms with E-state index in [0.717, 1.165) is 29.2 Å². The average molecular weight is 421 g/mol. The molecule has 2 aliphatic heterocycles. The molecule has 2 aromatic rings. The number of nitrogens with zero attached hydrogens (tertiary/aromatic N) is 3. The van der Waals surface area contributed by atoms with E-state index in [-0.39, 0.29) is 12.5 Å². The zero-order valence-corrected chi connectivity index (χ0v) is 18.0. The van der Waals surface area contributed by atoms with Crippen molar-refractivity contribution < 1.29 is 14.4 Å². The Labute approximate surface area is 182 Å². The Morgan fingerprint density at radius 3 is 2.19 bits per heavy atom. The number of rotatable bonds is 5. The molecule has 2 aromatic carbocycles. The highest BCUT2D eigenvalue weighted by Crippen LogP contribution is 2.26. The van der Waals surface area contributed by atoms with Crippen molar-refractivity contribution in [3.63, 3.8) is 0 Å². The van der Waals surface area contributed by atoms with Gasteiger partial charge in [0.1, 0.15) is 12.6 Å². The SMILES string of the molecule is Cc1ccc(N2C(=O)N(CC(=O)Nc3ccc(N4CCCCC4)cc3)C(=O)[C@@H]2C)cc1. The van der Waals surface area contributed by atoms with Crippen molar-refractivity contribution in [1.29, 1.82) is 0 Å². The van der Waals surface area contributed by atoms with E-state index in [0.29, 0.717) is 11.4 Å². The van der Waals surface area contributed by atoms with Crippen molar-refractivity contribution in [2.24, 2.45) is 0 Å². The third-order valence-electron chi connectivity index (χ3n) is 5.93. The van der Waals surface area contributed by atoms with Crippen LogP contribution in [-0.2, 0) is 9.59 Å². The smallest absolute Gasteiger partial charge is 0.332 e. The summed E-state index contributed by atoms with van der Waals surface area (Å²) in [5.41, 5.74) is 3.50. The van der Waals surface area contributed by atoms with Crippen molar-refractivity contribution in [3.05, 3.63) is 54.1 Å². The van der Waals surface area contributed by atoms with E-state index in [9.17, 15) is 14.4 Å². The molecular formula is C24H28N4O3. The number of anilines is 3. The van der Waals surface area contributed by atoms with E-state index in [4.69, 9.17) is 0 Å². The van der Waals surface area contributed by atoms with Crippen molar-refractivity contribution in [2.75, 3.05) is 34.8 Å². The van der Waals surface area contributed by atoms with Crippen LogP contribution in [0.15, 0.2) is 48.5 Å². The first-order valence-electron chi connectivity index (χ1n) is 10.8. The summed E-state index contributed by atoms with van der Waals surface area (Å²) in [6.07, 6.45) is 3.68. The number of amides is 4. The second-order valence-electron chi connectivity index (χ2n) is 8.23. The van der Waals surface area contributed by atoms with Gasteiger partial charge in [0.2, 0.25) is 5.91 Å². The van der Waals surface area contributed by atoms with Crippen LogP contribution in [0, 0.1) is 6.92 Å². The molecule has 1 N–H and O–H groups in total. The highest BCUT2D eigenvalue weighted by Gasteiger charge is 2.44. The van der Waals surface area contributed by atoms with Gasteiger partial charge in [-0.1, -0.05) is 17.7 Å². The number of hydrogen-bond donors (Lipinski definition) is 1. The van der Waals surface area contributed by atoms with Gasteiger partial charge in [-0.15, -0.1) is 0 Å². The number of urea groups is 1. The lowest BCUT2D eigenvalue weighted by atomic mass is 10.1. The largest absolute Gasteiger partial charge is 0.372 e. The molecule has 2 aliphatic rings. The monoisotopic (exact) mass is 420 g/mol. The standard InChI is InChI=1S/C24H28N4O3/c1-17-6-10-21(11-7-17)28-18(2)23(30)27(24(28)31)16-22(29)25-19-8-12-20(13-9-19)26-14-4-3-5-15-26/h6-13,18H,3-5,14-16H2,1-2H3,(H,25,29)/t18-/m0/s1. The Kier molecular flexibility index (Phi) is 5.93. The normalized spacial score (nSPS) is 19.2. The van der Waals surface area contributed by atoms with Crippen LogP contribution in [0.1, 0.15) is 31.7 Å². The predicted molar refractivity (Wildman–Crippen MR) is 121 cm³/mol. The molecule has 2 fully saturated rings. The molecule has 162 valence electrons. The van der Waals surface area contributed by atoms with Crippen LogP contribution in [0.5, 0.6) is 0 Å². The van der Waals surface area contributed by atoms with Gasteiger partial charge in [0, 0.05) is 30.2 Å². The Morgan fingerprint density at radius 2 is 1.55 bits per heavy atom. The lowest BCUT2D eigenvalue weighted by molar-refractivity contribution is -0.130. The van der Waals surface area contributed by atoms with Gasteiger partial charge >= 0.3 is 6.03 Å². The van der Waals surface area contributed by atoms with Gasteiger partial charge in [-0.3, -0.25) is 19.4 Å². The first-order chi connectivity index (χ1) is 14.9. The van der Waals surface area contributed by atoms with Gasteiger partial charge in [0.15, 0.2) is 0 Å². The third kappa shape index (κ3) is 4.40. The summed E-state index contributed by atoms with van der Waals surface area (Å²) in [7, 11) is 0. The van der Waals surface area contributed by atoms with Gasteiger partial charge in [-0.2, -0.15) is 0 Å². The van der Waals surface area contributed by atoms with Gasteiger partial charge in [-0.05, 0) is 69.5 Å². The third-order valence-corrected chi connectivity index (χ3v) is 5.93. The van der Waals surface area contributed by atoms with Crippen LogP contribution < -0.4 is 15.1 Å². The van der Waals surface area contributed by atoms with Crippen LogP contribution in [0.4, 0.5) is 21.9 Å². The number of hydrogen-bond acceptors (Lipinski definition) is 4. The van der Waals surface area contributed by atoms with Crippen LogP contribution in [0.2, 0.25) is 0 Å². The van der Waals surface area contributed by atoms with Crippen LogP contribution >= 0.6 is 0 Å². The first-order valence-corrected chi connectivity index (χ1v) is 10.8. The van der Waals surface area contributed by atoms with Gasteiger partial charge in [0.05, 0.1) is 0 Å². The fraction of sp³-hybridized carbons (Fsp3) is 0.375. The van der Waals surface area contributed by atoms with Crippen LogP contribution in [0.3, 0.4) is 0 Å². The van der Waals surface area contributed by atoms with E-state index in [1.54, 1.807) is 6.92 Å². The molecule has 0 spiro atoms. The molecule has 0 unspecified atom stereocenters. The number of carbonyl (C=O) groups is 3. The summed E-state index contributed by atoms with van der Waals surface area (Å²) in [5, 5.41) is 2.79. The maximum atomic E-state index is 12.9. The maximum absolute atomic E-state index is 12.9. The average Bonchev–Trinajstić information content (AvgIpc) is 2.99. The number of piperidine rings is 1. The molecule has 0 saturated carbocycles. The minimum absolute atomic E-state index is 0.307. The summed E-state index contributed by atoms with van der Waals surface area (Å²) in [5.74, 6) is -0.772. The number of nitrogens with one attached hydrogen (secondary N) is 1. The molecule has 31 heavy (non-hydrogen) atoms. The quantitative estimate of drug-likeness (QED) is 0.747. The van der Waals surface area contributed by atoms with E-state index in [1.807, 2.05) is 55.5 Å².